The van der Waals surface area contributed by atoms with E-state index in [1.54, 1.807) is 0 Å². The highest BCUT2D eigenvalue weighted by molar-refractivity contribution is 9.10. The van der Waals surface area contributed by atoms with Crippen molar-refractivity contribution < 1.29 is 0 Å². The molecule has 0 N–H and O–H groups in total. The van der Waals surface area contributed by atoms with Crippen LogP contribution in [0.1, 0.15) is 16.7 Å². The van der Waals surface area contributed by atoms with E-state index in [1.165, 1.54) is 0 Å². The Morgan fingerprint density at radius 1 is 0.576 bits per heavy atom. The molecule has 33 heavy (non-hydrogen) atoms. The van der Waals surface area contributed by atoms with Gasteiger partial charge in [0.2, 0.25) is 0 Å². The number of benzene rings is 3. The SMILES string of the molecule is Brc1cccc(C(=Cc2cccc(-c3ccccn3)c2)c2cccc(-c3ccccn3)c2)c1. The van der Waals surface area contributed by atoms with Gasteiger partial charge in [-0.25, -0.2) is 0 Å². The number of hydrogen-bond donors (Lipinski definition) is 0. The van der Waals surface area contributed by atoms with E-state index in [1.807, 2.05) is 54.9 Å². The lowest BCUT2D eigenvalue weighted by atomic mass is 9.93. The second kappa shape index (κ2) is 9.76. The minimum Gasteiger partial charge on any atom is -0.256 e. The molecule has 0 atom stereocenters. The molecule has 3 aromatic carbocycles. The third-order valence-electron chi connectivity index (χ3n) is 5.43. The van der Waals surface area contributed by atoms with Crippen LogP contribution in [0.5, 0.6) is 0 Å². The molecule has 2 aromatic heterocycles. The van der Waals surface area contributed by atoms with Crippen molar-refractivity contribution in [1.29, 1.82) is 0 Å². The molecular weight excluding hydrogens is 468 g/mol. The zero-order valence-electron chi connectivity index (χ0n) is 17.9. The highest BCUT2D eigenvalue weighted by atomic mass is 79.9. The summed E-state index contributed by atoms with van der Waals surface area (Å²) in [5, 5.41) is 0. The fourth-order valence-corrected chi connectivity index (χ4v) is 4.26. The Balaban J connectivity index is 1.63. The van der Waals surface area contributed by atoms with Crippen LogP contribution in [0, 0.1) is 0 Å². The van der Waals surface area contributed by atoms with Crippen LogP contribution < -0.4 is 0 Å². The van der Waals surface area contributed by atoms with Gasteiger partial charge in [-0.2, -0.15) is 0 Å². The zero-order chi connectivity index (χ0) is 22.5. The Morgan fingerprint density at radius 3 is 1.82 bits per heavy atom. The standard InChI is InChI=1S/C30H21BrN2/c31-27-13-7-10-24(21-27)28(23-9-6-12-26(20-23)30-15-2-4-17-33-30)19-22-8-5-11-25(18-22)29-14-1-3-16-32-29/h1-21H. The van der Waals surface area contributed by atoms with Gasteiger partial charge in [-0.05, 0) is 76.9 Å². The molecular formula is C30H21BrN2. The molecule has 3 heteroatoms. The van der Waals surface area contributed by atoms with Crippen LogP contribution in [0.25, 0.3) is 34.2 Å². The summed E-state index contributed by atoms with van der Waals surface area (Å²) in [5.74, 6) is 0. The van der Waals surface area contributed by atoms with Crippen LogP contribution >= 0.6 is 15.9 Å². The molecule has 5 rings (SSSR count). The maximum absolute atomic E-state index is 4.53. The van der Waals surface area contributed by atoms with Gasteiger partial charge in [0.15, 0.2) is 0 Å². The third kappa shape index (κ3) is 5.00. The van der Waals surface area contributed by atoms with Crippen molar-refractivity contribution in [2.24, 2.45) is 0 Å². The van der Waals surface area contributed by atoms with Gasteiger partial charge in [-0.3, -0.25) is 9.97 Å². The normalized spacial score (nSPS) is 11.4. The predicted octanol–water partition coefficient (Wildman–Crippen LogP) is 8.16. The smallest absolute Gasteiger partial charge is 0.0702 e. The average molecular weight is 489 g/mol. The van der Waals surface area contributed by atoms with E-state index >= 15 is 0 Å². The van der Waals surface area contributed by atoms with Crippen molar-refractivity contribution in [3.63, 3.8) is 0 Å². The van der Waals surface area contributed by atoms with Gasteiger partial charge >= 0.3 is 0 Å². The molecule has 158 valence electrons. The largest absolute Gasteiger partial charge is 0.256 e. The molecule has 0 aliphatic heterocycles. The summed E-state index contributed by atoms with van der Waals surface area (Å²) in [6, 6.07) is 37.5. The van der Waals surface area contributed by atoms with Crippen LogP contribution in [-0.2, 0) is 0 Å². The molecule has 0 bridgehead atoms. The van der Waals surface area contributed by atoms with Crippen LogP contribution in [0.2, 0.25) is 0 Å². The third-order valence-corrected chi connectivity index (χ3v) is 5.92. The summed E-state index contributed by atoms with van der Waals surface area (Å²) in [7, 11) is 0. The fourth-order valence-electron chi connectivity index (χ4n) is 3.86. The molecule has 0 aliphatic rings. The predicted molar refractivity (Wildman–Crippen MR) is 140 cm³/mol. The van der Waals surface area contributed by atoms with Gasteiger partial charge in [0.25, 0.3) is 0 Å². The van der Waals surface area contributed by atoms with E-state index in [0.717, 1.165) is 49.3 Å². The lowest BCUT2D eigenvalue weighted by Gasteiger charge is -2.12. The number of hydrogen-bond acceptors (Lipinski definition) is 2. The first-order chi connectivity index (χ1) is 16.3. The summed E-state index contributed by atoms with van der Waals surface area (Å²) < 4.78 is 1.05. The molecule has 2 heterocycles. The van der Waals surface area contributed by atoms with Crippen molar-refractivity contribution in [3.05, 3.63) is 143 Å². The summed E-state index contributed by atoms with van der Waals surface area (Å²) in [6.07, 6.45) is 5.90. The molecule has 0 amide bonds. The summed E-state index contributed by atoms with van der Waals surface area (Å²) in [6.45, 7) is 0. The molecule has 0 fully saturated rings. The highest BCUT2D eigenvalue weighted by Crippen LogP contribution is 2.31. The number of rotatable bonds is 5. The summed E-state index contributed by atoms with van der Waals surface area (Å²) in [4.78, 5) is 9.04. The van der Waals surface area contributed by atoms with E-state index in [0.29, 0.717) is 0 Å². The molecule has 0 saturated heterocycles. The average Bonchev–Trinajstić information content (AvgIpc) is 2.88. The van der Waals surface area contributed by atoms with E-state index in [4.69, 9.17) is 0 Å². The monoisotopic (exact) mass is 488 g/mol. The zero-order valence-corrected chi connectivity index (χ0v) is 19.5. The number of nitrogens with zero attached hydrogens (tertiary/aromatic N) is 2. The number of halogens is 1. The van der Waals surface area contributed by atoms with E-state index < -0.39 is 0 Å². The van der Waals surface area contributed by atoms with E-state index in [-0.39, 0.29) is 0 Å². The van der Waals surface area contributed by atoms with Crippen molar-refractivity contribution >= 4 is 27.6 Å². The molecule has 0 saturated carbocycles. The second-order valence-corrected chi connectivity index (χ2v) is 8.62. The van der Waals surface area contributed by atoms with Gasteiger partial charge in [-0.1, -0.05) is 76.6 Å². The van der Waals surface area contributed by atoms with Crippen LogP contribution in [-0.4, -0.2) is 9.97 Å². The van der Waals surface area contributed by atoms with Crippen LogP contribution in [0.15, 0.2) is 126 Å². The van der Waals surface area contributed by atoms with Gasteiger partial charge in [0, 0.05) is 28.0 Å². The summed E-state index contributed by atoms with van der Waals surface area (Å²) in [5.41, 5.74) is 8.67. The number of pyridine rings is 2. The Kier molecular flexibility index (Phi) is 6.23. The Labute approximate surface area is 202 Å². The minimum absolute atomic E-state index is 0.963. The second-order valence-electron chi connectivity index (χ2n) is 7.70. The topological polar surface area (TPSA) is 25.8 Å². The molecule has 0 spiro atoms. The van der Waals surface area contributed by atoms with Crippen LogP contribution in [0.3, 0.4) is 0 Å². The molecule has 0 unspecified atom stereocenters. The minimum atomic E-state index is 0.963. The van der Waals surface area contributed by atoms with Crippen molar-refractivity contribution in [2.75, 3.05) is 0 Å². The lowest BCUT2D eigenvalue weighted by Crippen LogP contribution is -1.91. The Morgan fingerprint density at radius 2 is 1.18 bits per heavy atom. The fraction of sp³-hybridized carbons (Fsp3) is 0. The molecule has 2 nitrogen and oxygen atoms in total. The van der Waals surface area contributed by atoms with E-state index in [9.17, 15) is 0 Å². The van der Waals surface area contributed by atoms with Crippen LogP contribution in [0.4, 0.5) is 0 Å². The first-order valence-corrected chi connectivity index (χ1v) is 11.6. The maximum atomic E-state index is 4.53. The number of aromatic nitrogens is 2. The molecule has 5 aromatic rings. The van der Waals surface area contributed by atoms with Gasteiger partial charge in [-0.15, -0.1) is 0 Å². The molecule has 0 aliphatic carbocycles. The first kappa shape index (κ1) is 21.0. The van der Waals surface area contributed by atoms with Crippen molar-refractivity contribution in [3.8, 4) is 22.5 Å². The lowest BCUT2D eigenvalue weighted by molar-refractivity contribution is 1.32. The Bertz CT molecular complexity index is 1410. The summed E-state index contributed by atoms with van der Waals surface area (Å²) >= 11 is 3.64. The highest BCUT2D eigenvalue weighted by Gasteiger charge is 2.09. The Hall–Kier alpha value is -3.82. The first-order valence-electron chi connectivity index (χ1n) is 10.8. The van der Waals surface area contributed by atoms with Gasteiger partial charge < -0.3 is 0 Å². The van der Waals surface area contributed by atoms with E-state index in [2.05, 4.69) is 98.7 Å². The van der Waals surface area contributed by atoms with Crippen molar-refractivity contribution in [2.45, 2.75) is 0 Å². The van der Waals surface area contributed by atoms with Crippen molar-refractivity contribution in [1.82, 2.24) is 9.97 Å². The van der Waals surface area contributed by atoms with Gasteiger partial charge in [0.1, 0.15) is 0 Å². The maximum Gasteiger partial charge on any atom is 0.0702 e. The molecule has 0 radical (unpaired) electrons. The quantitative estimate of drug-likeness (QED) is 0.233. The van der Waals surface area contributed by atoms with Gasteiger partial charge in [0.05, 0.1) is 11.4 Å².